The lowest BCUT2D eigenvalue weighted by Crippen LogP contribution is -2.07. The van der Waals surface area contributed by atoms with E-state index in [9.17, 15) is 18.3 Å². The van der Waals surface area contributed by atoms with Crippen molar-refractivity contribution >= 4 is 5.69 Å². The second-order valence-corrected chi connectivity index (χ2v) is 4.23. The zero-order valence-electron chi connectivity index (χ0n) is 9.91. The van der Waals surface area contributed by atoms with Crippen molar-refractivity contribution in [3.8, 4) is 0 Å². The minimum atomic E-state index is -1.16. The Balaban J connectivity index is 2.25. The molecule has 5 heteroatoms. The SMILES string of the molecule is Nc1ccc(F)cc1C(O)Cc1ccc(F)cc1F. The molecular weight excluding hydrogens is 255 g/mol. The van der Waals surface area contributed by atoms with Crippen LogP contribution in [0.2, 0.25) is 0 Å². The monoisotopic (exact) mass is 267 g/mol. The van der Waals surface area contributed by atoms with Crippen LogP contribution in [0, 0.1) is 17.5 Å². The summed E-state index contributed by atoms with van der Waals surface area (Å²) in [6, 6.07) is 6.67. The van der Waals surface area contributed by atoms with Crippen LogP contribution in [0.15, 0.2) is 36.4 Å². The van der Waals surface area contributed by atoms with Gasteiger partial charge in [-0.3, -0.25) is 0 Å². The molecule has 1 unspecified atom stereocenters. The molecule has 0 heterocycles. The Hall–Kier alpha value is -2.01. The number of hydrogen-bond acceptors (Lipinski definition) is 2. The van der Waals surface area contributed by atoms with Gasteiger partial charge in [-0.25, -0.2) is 13.2 Å². The van der Waals surface area contributed by atoms with Gasteiger partial charge < -0.3 is 10.8 Å². The molecule has 0 saturated carbocycles. The van der Waals surface area contributed by atoms with Gasteiger partial charge in [-0.2, -0.15) is 0 Å². The summed E-state index contributed by atoms with van der Waals surface area (Å²) in [4.78, 5) is 0. The van der Waals surface area contributed by atoms with E-state index >= 15 is 0 Å². The second kappa shape index (κ2) is 5.32. The summed E-state index contributed by atoms with van der Waals surface area (Å²) in [5, 5.41) is 9.97. The molecule has 2 rings (SSSR count). The molecule has 3 N–H and O–H groups in total. The van der Waals surface area contributed by atoms with E-state index in [2.05, 4.69) is 0 Å². The van der Waals surface area contributed by atoms with E-state index < -0.39 is 23.6 Å². The molecule has 0 aliphatic rings. The topological polar surface area (TPSA) is 46.2 Å². The zero-order valence-corrected chi connectivity index (χ0v) is 9.91. The van der Waals surface area contributed by atoms with Gasteiger partial charge in [0.15, 0.2) is 0 Å². The zero-order chi connectivity index (χ0) is 14.0. The molecule has 0 aliphatic heterocycles. The fourth-order valence-corrected chi connectivity index (χ4v) is 1.84. The summed E-state index contributed by atoms with van der Waals surface area (Å²) in [6.45, 7) is 0. The minimum absolute atomic E-state index is 0.111. The first-order valence-corrected chi connectivity index (χ1v) is 5.64. The maximum absolute atomic E-state index is 13.4. The first-order chi connectivity index (χ1) is 8.97. The molecule has 2 aromatic carbocycles. The van der Waals surface area contributed by atoms with E-state index in [0.717, 1.165) is 18.2 Å². The number of benzene rings is 2. The predicted octanol–water partition coefficient (Wildman–Crippen LogP) is 2.96. The Labute approximate surface area is 108 Å². The summed E-state index contributed by atoms with van der Waals surface area (Å²) >= 11 is 0. The van der Waals surface area contributed by atoms with Gasteiger partial charge in [-0.15, -0.1) is 0 Å². The van der Waals surface area contributed by atoms with Crippen LogP contribution in [0.3, 0.4) is 0 Å². The first kappa shape index (κ1) is 13.4. The minimum Gasteiger partial charge on any atom is -0.398 e. The van der Waals surface area contributed by atoms with Gasteiger partial charge in [0.05, 0.1) is 6.10 Å². The number of halogens is 3. The van der Waals surface area contributed by atoms with Crippen molar-refractivity contribution in [1.29, 1.82) is 0 Å². The summed E-state index contributed by atoms with van der Waals surface area (Å²) in [5.74, 6) is -1.99. The van der Waals surface area contributed by atoms with Crippen LogP contribution in [0.25, 0.3) is 0 Å². The van der Waals surface area contributed by atoms with Gasteiger partial charge in [-0.05, 0) is 29.8 Å². The largest absolute Gasteiger partial charge is 0.398 e. The van der Waals surface area contributed by atoms with Crippen LogP contribution in [-0.2, 0) is 6.42 Å². The summed E-state index contributed by atoms with van der Waals surface area (Å²) in [5.41, 5.74) is 6.17. The van der Waals surface area contributed by atoms with Gasteiger partial charge in [-0.1, -0.05) is 6.07 Å². The van der Waals surface area contributed by atoms with Crippen molar-refractivity contribution in [2.24, 2.45) is 0 Å². The molecular formula is C14H12F3NO. The maximum atomic E-state index is 13.4. The van der Waals surface area contributed by atoms with Crippen LogP contribution < -0.4 is 5.73 Å². The van der Waals surface area contributed by atoms with E-state index in [0.29, 0.717) is 0 Å². The number of anilines is 1. The molecule has 2 aromatic rings. The average molecular weight is 267 g/mol. The molecule has 0 spiro atoms. The van der Waals surface area contributed by atoms with Crippen LogP contribution in [0.4, 0.5) is 18.9 Å². The van der Waals surface area contributed by atoms with Crippen LogP contribution >= 0.6 is 0 Å². The normalized spacial score (nSPS) is 12.4. The first-order valence-electron chi connectivity index (χ1n) is 5.64. The van der Waals surface area contributed by atoms with E-state index in [1.54, 1.807) is 0 Å². The van der Waals surface area contributed by atoms with Crippen molar-refractivity contribution in [3.63, 3.8) is 0 Å². The highest BCUT2D eigenvalue weighted by molar-refractivity contribution is 5.48. The number of nitrogen functional groups attached to an aromatic ring is 1. The summed E-state index contributed by atoms with van der Waals surface area (Å²) in [7, 11) is 0. The molecule has 0 radical (unpaired) electrons. The van der Waals surface area contributed by atoms with Gasteiger partial charge in [0, 0.05) is 23.7 Å². The Morgan fingerprint density at radius 1 is 1.00 bits per heavy atom. The van der Waals surface area contributed by atoms with Crippen molar-refractivity contribution in [2.45, 2.75) is 12.5 Å². The quantitative estimate of drug-likeness (QED) is 0.840. The molecule has 1 atom stereocenters. The van der Waals surface area contributed by atoms with Crippen molar-refractivity contribution in [1.82, 2.24) is 0 Å². The Morgan fingerprint density at radius 3 is 2.32 bits per heavy atom. The van der Waals surface area contributed by atoms with Crippen LogP contribution in [0.5, 0.6) is 0 Å². The van der Waals surface area contributed by atoms with Gasteiger partial charge in [0.1, 0.15) is 17.5 Å². The number of hydrogen-bond donors (Lipinski definition) is 2. The van der Waals surface area contributed by atoms with Crippen LogP contribution in [-0.4, -0.2) is 5.11 Å². The lowest BCUT2D eigenvalue weighted by Gasteiger charge is -2.14. The van der Waals surface area contributed by atoms with E-state index in [-0.39, 0.29) is 23.2 Å². The Kier molecular flexibility index (Phi) is 3.76. The van der Waals surface area contributed by atoms with E-state index in [1.165, 1.54) is 18.2 Å². The molecule has 0 saturated heterocycles. The third kappa shape index (κ3) is 3.06. The molecule has 0 aromatic heterocycles. The molecule has 19 heavy (non-hydrogen) atoms. The average Bonchev–Trinajstić information content (AvgIpc) is 2.35. The lowest BCUT2D eigenvalue weighted by atomic mass is 9.99. The predicted molar refractivity (Wildman–Crippen MR) is 65.8 cm³/mol. The molecule has 100 valence electrons. The van der Waals surface area contributed by atoms with Crippen molar-refractivity contribution < 1.29 is 18.3 Å². The summed E-state index contributed by atoms with van der Waals surface area (Å²) < 4.78 is 39.3. The van der Waals surface area contributed by atoms with Gasteiger partial charge >= 0.3 is 0 Å². The van der Waals surface area contributed by atoms with Gasteiger partial charge in [0.2, 0.25) is 0 Å². The molecule has 2 nitrogen and oxygen atoms in total. The molecule has 0 fully saturated rings. The fraction of sp³-hybridized carbons (Fsp3) is 0.143. The smallest absolute Gasteiger partial charge is 0.129 e. The standard InChI is InChI=1S/C14H12F3NO/c15-9-3-4-13(18)11(6-9)14(19)5-8-1-2-10(16)7-12(8)17/h1-4,6-7,14,19H,5,18H2. The fourth-order valence-electron chi connectivity index (χ4n) is 1.84. The van der Waals surface area contributed by atoms with Crippen LogP contribution in [0.1, 0.15) is 17.2 Å². The van der Waals surface area contributed by atoms with E-state index in [4.69, 9.17) is 5.73 Å². The number of aliphatic hydroxyl groups excluding tert-OH is 1. The van der Waals surface area contributed by atoms with Gasteiger partial charge in [0.25, 0.3) is 0 Å². The highest BCUT2D eigenvalue weighted by atomic mass is 19.1. The maximum Gasteiger partial charge on any atom is 0.129 e. The second-order valence-electron chi connectivity index (χ2n) is 4.23. The highest BCUT2D eigenvalue weighted by Gasteiger charge is 2.15. The van der Waals surface area contributed by atoms with Crippen molar-refractivity contribution in [2.75, 3.05) is 5.73 Å². The van der Waals surface area contributed by atoms with E-state index in [1.807, 2.05) is 0 Å². The number of nitrogens with two attached hydrogens (primary N) is 1. The lowest BCUT2D eigenvalue weighted by molar-refractivity contribution is 0.177. The van der Waals surface area contributed by atoms with Crippen molar-refractivity contribution in [3.05, 3.63) is 65.0 Å². The third-order valence-corrected chi connectivity index (χ3v) is 2.84. The third-order valence-electron chi connectivity index (χ3n) is 2.84. The Morgan fingerprint density at radius 2 is 1.63 bits per heavy atom. The number of rotatable bonds is 3. The number of aliphatic hydroxyl groups is 1. The molecule has 0 amide bonds. The molecule has 0 bridgehead atoms. The highest BCUT2D eigenvalue weighted by Crippen LogP contribution is 2.25. The Bertz CT molecular complexity index is 601. The summed E-state index contributed by atoms with van der Waals surface area (Å²) in [6.07, 6.45) is -1.27. The molecule has 0 aliphatic carbocycles.